The lowest BCUT2D eigenvalue weighted by Gasteiger charge is -2.13. The highest BCUT2D eigenvalue weighted by Gasteiger charge is 2.34. The van der Waals surface area contributed by atoms with Crippen molar-refractivity contribution < 1.29 is 22.7 Å². The minimum atomic E-state index is -4.96. The number of nitriles is 1. The number of rotatable bonds is 2. The van der Waals surface area contributed by atoms with Crippen LogP contribution in [-0.2, 0) is 0 Å². The van der Waals surface area contributed by atoms with Gasteiger partial charge in [-0.05, 0) is 19.1 Å². The van der Waals surface area contributed by atoms with E-state index < -0.39 is 22.9 Å². The number of carbonyl (C=O) groups excluding carboxylic acids is 1. The van der Waals surface area contributed by atoms with Gasteiger partial charge in [-0.2, -0.15) is 5.26 Å². The van der Waals surface area contributed by atoms with E-state index in [1.165, 1.54) is 0 Å². The molecule has 1 rings (SSSR count). The number of hydrogen-bond donors (Lipinski definition) is 0. The molecule has 0 radical (unpaired) electrons. The third-order valence-electron chi connectivity index (χ3n) is 1.77. The molecule has 0 aromatic heterocycles. The number of ketones is 1. The first-order chi connectivity index (χ1) is 7.74. The maximum absolute atomic E-state index is 12.1. The standard InChI is InChI=1S/C10H5ClF3NO2/c1-5(16)7-2-6(4-15)3-8(11)9(7)17-10(12,13)14/h2-3H,1H3. The number of hydrogen-bond acceptors (Lipinski definition) is 3. The number of nitrogens with zero attached hydrogens (tertiary/aromatic N) is 1. The summed E-state index contributed by atoms with van der Waals surface area (Å²) in [4.78, 5) is 11.2. The Labute approximate surface area is 99.4 Å². The molecule has 1 aromatic rings. The largest absolute Gasteiger partial charge is 0.573 e. The van der Waals surface area contributed by atoms with Crippen molar-refractivity contribution in [2.45, 2.75) is 13.3 Å². The van der Waals surface area contributed by atoms with Gasteiger partial charge < -0.3 is 4.74 Å². The van der Waals surface area contributed by atoms with Crippen LogP contribution in [0.25, 0.3) is 0 Å². The predicted molar refractivity (Wildman–Crippen MR) is 52.9 cm³/mol. The summed E-state index contributed by atoms with van der Waals surface area (Å²) in [6.07, 6.45) is -4.96. The van der Waals surface area contributed by atoms with Crippen LogP contribution in [0.3, 0.4) is 0 Å². The molecule has 3 nitrogen and oxygen atoms in total. The van der Waals surface area contributed by atoms with E-state index in [1.807, 2.05) is 0 Å². The third kappa shape index (κ3) is 3.36. The van der Waals surface area contributed by atoms with Gasteiger partial charge >= 0.3 is 6.36 Å². The van der Waals surface area contributed by atoms with Crippen molar-refractivity contribution in [3.05, 3.63) is 28.3 Å². The van der Waals surface area contributed by atoms with Crippen LogP contribution in [0.1, 0.15) is 22.8 Å². The van der Waals surface area contributed by atoms with Crippen LogP contribution in [0.4, 0.5) is 13.2 Å². The fourth-order valence-electron chi connectivity index (χ4n) is 1.14. The smallest absolute Gasteiger partial charge is 0.403 e. The topological polar surface area (TPSA) is 50.1 Å². The Balaban J connectivity index is 3.38. The lowest BCUT2D eigenvalue weighted by Crippen LogP contribution is -2.19. The lowest BCUT2D eigenvalue weighted by molar-refractivity contribution is -0.274. The van der Waals surface area contributed by atoms with Crippen molar-refractivity contribution in [3.63, 3.8) is 0 Å². The van der Waals surface area contributed by atoms with Crippen LogP contribution in [0.15, 0.2) is 12.1 Å². The minimum Gasteiger partial charge on any atom is -0.403 e. The summed E-state index contributed by atoms with van der Waals surface area (Å²) in [6, 6.07) is 3.67. The summed E-state index contributed by atoms with van der Waals surface area (Å²) < 4.78 is 39.9. The molecule has 90 valence electrons. The first kappa shape index (κ1) is 13.3. The number of Topliss-reactive ketones (excluding diaryl/α,β-unsaturated/α-hetero) is 1. The lowest BCUT2D eigenvalue weighted by atomic mass is 10.1. The van der Waals surface area contributed by atoms with Crippen LogP contribution < -0.4 is 4.74 Å². The van der Waals surface area contributed by atoms with E-state index in [0.717, 1.165) is 19.1 Å². The maximum atomic E-state index is 12.1. The van der Waals surface area contributed by atoms with E-state index in [2.05, 4.69) is 4.74 Å². The number of alkyl halides is 3. The molecule has 0 N–H and O–H groups in total. The molecular weight excluding hydrogens is 259 g/mol. The molecule has 0 saturated carbocycles. The summed E-state index contributed by atoms with van der Waals surface area (Å²) >= 11 is 5.54. The van der Waals surface area contributed by atoms with Crippen molar-refractivity contribution in [2.75, 3.05) is 0 Å². The zero-order valence-electron chi connectivity index (χ0n) is 8.43. The number of benzene rings is 1. The first-order valence-corrected chi connectivity index (χ1v) is 4.62. The molecule has 0 saturated heterocycles. The summed E-state index contributed by atoms with van der Waals surface area (Å²) in [5.41, 5.74) is -0.402. The zero-order valence-corrected chi connectivity index (χ0v) is 9.19. The Hall–Kier alpha value is -1.74. The van der Waals surface area contributed by atoms with Gasteiger partial charge in [0, 0.05) is 0 Å². The van der Waals surface area contributed by atoms with Gasteiger partial charge in [0.05, 0.1) is 22.2 Å². The summed E-state index contributed by atoms with van der Waals surface area (Å²) in [5, 5.41) is 8.17. The monoisotopic (exact) mass is 263 g/mol. The Kier molecular flexibility index (Phi) is 3.63. The number of ether oxygens (including phenoxy) is 1. The Morgan fingerprint density at radius 3 is 2.47 bits per heavy atom. The SMILES string of the molecule is CC(=O)c1cc(C#N)cc(Cl)c1OC(F)(F)F. The average molecular weight is 264 g/mol. The molecule has 0 unspecified atom stereocenters. The molecule has 0 spiro atoms. The van der Waals surface area contributed by atoms with Crippen LogP contribution in [0.5, 0.6) is 5.75 Å². The second-order valence-electron chi connectivity index (χ2n) is 3.05. The van der Waals surface area contributed by atoms with Crippen molar-refractivity contribution in [1.29, 1.82) is 5.26 Å². The van der Waals surface area contributed by atoms with Crippen LogP contribution >= 0.6 is 11.6 Å². The molecule has 0 amide bonds. The third-order valence-corrected chi connectivity index (χ3v) is 2.05. The van der Waals surface area contributed by atoms with Gasteiger partial charge in [0.25, 0.3) is 0 Å². The molecule has 1 aromatic carbocycles. The van der Waals surface area contributed by atoms with Crippen molar-refractivity contribution >= 4 is 17.4 Å². The number of halogens is 4. The van der Waals surface area contributed by atoms with E-state index >= 15 is 0 Å². The highest BCUT2D eigenvalue weighted by Crippen LogP contribution is 2.34. The van der Waals surface area contributed by atoms with Gasteiger partial charge in [-0.25, -0.2) is 0 Å². The molecule has 0 aliphatic rings. The fourth-order valence-corrected chi connectivity index (χ4v) is 1.40. The minimum absolute atomic E-state index is 0.0188. The molecule has 0 bridgehead atoms. The Morgan fingerprint density at radius 2 is 2.06 bits per heavy atom. The summed E-state index contributed by atoms with van der Waals surface area (Å²) in [6.45, 7) is 1.05. The molecule has 0 atom stereocenters. The summed E-state index contributed by atoms with van der Waals surface area (Å²) in [7, 11) is 0. The van der Waals surface area contributed by atoms with E-state index in [-0.39, 0.29) is 11.1 Å². The summed E-state index contributed by atoms with van der Waals surface area (Å²) in [5.74, 6) is -1.46. The second-order valence-corrected chi connectivity index (χ2v) is 3.46. The van der Waals surface area contributed by atoms with Gasteiger partial charge in [0.2, 0.25) is 0 Å². The van der Waals surface area contributed by atoms with E-state index in [9.17, 15) is 18.0 Å². The van der Waals surface area contributed by atoms with Crippen molar-refractivity contribution in [2.24, 2.45) is 0 Å². The fraction of sp³-hybridized carbons (Fsp3) is 0.200. The van der Waals surface area contributed by atoms with Gasteiger partial charge in [-0.15, -0.1) is 13.2 Å². The van der Waals surface area contributed by atoms with Gasteiger partial charge in [0.1, 0.15) is 0 Å². The Morgan fingerprint density at radius 1 is 1.47 bits per heavy atom. The van der Waals surface area contributed by atoms with E-state index in [1.54, 1.807) is 6.07 Å². The van der Waals surface area contributed by atoms with E-state index in [0.29, 0.717) is 0 Å². The highest BCUT2D eigenvalue weighted by atomic mass is 35.5. The van der Waals surface area contributed by atoms with Crippen LogP contribution in [0.2, 0.25) is 5.02 Å². The first-order valence-electron chi connectivity index (χ1n) is 4.25. The normalized spacial score (nSPS) is 10.8. The Bertz CT molecular complexity index is 505. The van der Waals surface area contributed by atoms with Crippen LogP contribution in [-0.4, -0.2) is 12.1 Å². The maximum Gasteiger partial charge on any atom is 0.573 e. The molecular formula is C10H5ClF3NO2. The quantitative estimate of drug-likeness (QED) is 0.769. The van der Waals surface area contributed by atoms with Crippen LogP contribution in [0, 0.1) is 11.3 Å². The van der Waals surface area contributed by atoms with Gasteiger partial charge in [0.15, 0.2) is 11.5 Å². The molecule has 0 aliphatic heterocycles. The van der Waals surface area contributed by atoms with Crippen molar-refractivity contribution in [1.82, 2.24) is 0 Å². The molecule has 7 heteroatoms. The predicted octanol–water partition coefficient (Wildman–Crippen LogP) is 3.31. The number of carbonyl (C=O) groups is 1. The van der Waals surface area contributed by atoms with Gasteiger partial charge in [-0.1, -0.05) is 11.6 Å². The van der Waals surface area contributed by atoms with E-state index in [4.69, 9.17) is 16.9 Å². The second kappa shape index (κ2) is 4.63. The average Bonchev–Trinajstić information content (AvgIpc) is 2.18. The zero-order chi connectivity index (χ0) is 13.2. The molecule has 0 aliphatic carbocycles. The molecule has 17 heavy (non-hydrogen) atoms. The molecule has 0 heterocycles. The van der Waals surface area contributed by atoms with Crippen molar-refractivity contribution in [3.8, 4) is 11.8 Å². The van der Waals surface area contributed by atoms with Gasteiger partial charge in [-0.3, -0.25) is 4.79 Å². The highest BCUT2D eigenvalue weighted by molar-refractivity contribution is 6.32. The molecule has 0 fully saturated rings.